The molecule has 2 aromatic rings. The first-order valence-corrected chi connectivity index (χ1v) is 7.85. The van der Waals surface area contributed by atoms with Crippen LogP contribution in [0.25, 0.3) is 0 Å². The summed E-state index contributed by atoms with van der Waals surface area (Å²) in [5, 5.41) is 2.87. The molecule has 0 spiro atoms. The highest BCUT2D eigenvalue weighted by molar-refractivity contribution is 5.89. The molecule has 0 radical (unpaired) electrons. The average molecular weight is 327 g/mol. The van der Waals surface area contributed by atoms with Crippen LogP contribution in [0, 0.1) is 0 Å². The molecule has 1 atom stereocenters. The molecule has 7 nitrogen and oxygen atoms in total. The maximum atomic E-state index is 12.7. The number of hydrogen-bond donors (Lipinski definition) is 1. The van der Waals surface area contributed by atoms with Crippen molar-refractivity contribution < 1.29 is 9.53 Å². The van der Waals surface area contributed by atoms with Crippen LogP contribution in [0.2, 0.25) is 0 Å². The molecule has 7 heteroatoms. The number of carbonyl (C=O) groups excluding carboxylic acids is 1. The van der Waals surface area contributed by atoms with Crippen LogP contribution in [0.3, 0.4) is 0 Å². The third-order valence-corrected chi connectivity index (χ3v) is 3.86. The smallest absolute Gasteiger partial charge is 0.322 e. The number of carbonyl (C=O) groups is 1. The summed E-state index contributed by atoms with van der Waals surface area (Å²) in [7, 11) is 3.73. The van der Waals surface area contributed by atoms with Gasteiger partial charge < -0.3 is 19.9 Å². The van der Waals surface area contributed by atoms with Gasteiger partial charge in [0.15, 0.2) is 0 Å². The van der Waals surface area contributed by atoms with Crippen molar-refractivity contribution >= 4 is 17.7 Å². The summed E-state index contributed by atoms with van der Waals surface area (Å²) in [6.45, 7) is 1.57. The van der Waals surface area contributed by atoms with E-state index in [4.69, 9.17) is 4.74 Å². The van der Waals surface area contributed by atoms with Crippen molar-refractivity contribution in [2.45, 2.75) is 6.04 Å². The van der Waals surface area contributed by atoms with Crippen LogP contribution >= 0.6 is 0 Å². The highest BCUT2D eigenvalue weighted by Crippen LogP contribution is 2.24. The highest BCUT2D eigenvalue weighted by atomic mass is 16.5. The first kappa shape index (κ1) is 16.2. The maximum absolute atomic E-state index is 12.7. The van der Waals surface area contributed by atoms with Gasteiger partial charge in [0.05, 0.1) is 37.3 Å². The topological polar surface area (TPSA) is 70.6 Å². The molecule has 2 amide bonds. The van der Waals surface area contributed by atoms with Crippen molar-refractivity contribution in [1.29, 1.82) is 0 Å². The van der Waals surface area contributed by atoms with Gasteiger partial charge in [-0.2, -0.15) is 0 Å². The first-order chi connectivity index (χ1) is 11.6. The number of benzene rings is 1. The Morgan fingerprint density at radius 3 is 2.62 bits per heavy atom. The second-order valence-electron chi connectivity index (χ2n) is 5.79. The van der Waals surface area contributed by atoms with Gasteiger partial charge >= 0.3 is 6.03 Å². The third-order valence-electron chi connectivity index (χ3n) is 3.86. The standard InChI is InChI=1S/C17H21N5O2/c1-21(2)16-18-10-14(11-19-16)20-17(23)22-8-9-24-12-15(22)13-6-4-3-5-7-13/h3-7,10-11,15H,8-9,12H2,1-2H3,(H,20,23)/t15-/m1/s1. The summed E-state index contributed by atoms with van der Waals surface area (Å²) >= 11 is 0. The summed E-state index contributed by atoms with van der Waals surface area (Å²) in [4.78, 5) is 24.7. The van der Waals surface area contributed by atoms with E-state index in [2.05, 4.69) is 15.3 Å². The Kier molecular flexibility index (Phi) is 4.90. The minimum atomic E-state index is -0.173. The van der Waals surface area contributed by atoms with Crippen molar-refractivity contribution in [2.75, 3.05) is 44.1 Å². The Morgan fingerprint density at radius 2 is 1.96 bits per heavy atom. The molecule has 1 N–H and O–H groups in total. The van der Waals surface area contributed by atoms with Gasteiger partial charge in [-0.25, -0.2) is 14.8 Å². The third kappa shape index (κ3) is 3.62. The van der Waals surface area contributed by atoms with Crippen molar-refractivity contribution in [2.24, 2.45) is 0 Å². The van der Waals surface area contributed by atoms with E-state index in [1.807, 2.05) is 44.4 Å². The highest BCUT2D eigenvalue weighted by Gasteiger charge is 2.28. The molecule has 0 bridgehead atoms. The maximum Gasteiger partial charge on any atom is 0.322 e. The number of rotatable bonds is 3. The van der Waals surface area contributed by atoms with E-state index in [1.54, 1.807) is 22.2 Å². The largest absolute Gasteiger partial charge is 0.377 e. The Hall–Kier alpha value is -2.67. The molecular weight excluding hydrogens is 306 g/mol. The summed E-state index contributed by atoms with van der Waals surface area (Å²) < 4.78 is 5.56. The fourth-order valence-electron chi connectivity index (χ4n) is 2.61. The number of morpholine rings is 1. The second kappa shape index (κ2) is 7.27. The zero-order valence-corrected chi connectivity index (χ0v) is 13.8. The molecule has 3 rings (SSSR count). The van der Waals surface area contributed by atoms with Gasteiger partial charge in [0.25, 0.3) is 0 Å². The van der Waals surface area contributed by atoms with Crippen molar-refractivity contribution in [1.82, 2.24) is 14.9 Å². The molecule has 0 aliphatic carbocycles. The van der Waals surface area contributed by atoms with Crippen LogP contribution in [0.1, 0.15) is 11.6 Å². The number of ether oxygens (including phenoxy) is 1. The number of aromatic nitrogens is 2. The summed E-state index contributed by atoms with van der Waals surface area (Å²) in [5.74, 6) is 0.599. The lowest BCUT2D eigenvalue weighted by Crippen LogP contribution is -2.45. The Balaban J connectivity index is 1.72. The average Bonchev–Trinajstić information content (AvgIpc) is 2.63. The number of nitrogens with one attached hydrogen (secondary N) is 1. The fraction of sp³-hybridized carbons (Fsp3) is 0.353. The Labute approximate surface area is 141 Å². The lowest BCUT2D eigenvalue weighted by atomic mass is 10.1. The van der Waals surface area contributed by atoms with Gasteiger partial charge in [-0.3, -0.25) is 0 Å². The van der Waals surface area contributed by atoms with E-state index >= 15 is 0 Å². The van der Waals surface area contributed by atoms with E-state index in [9.17, 15) is 4.79 Å². The van der Waals surface area contributed by atoms with Crippen LogP contribution in [0.15, 0.2) is 42.7 Å². The van der Waals surface area contributed by atoms with Crippen molar-refractivity contribution in [3.05, 3.63) is 48.3 Å². The van der Waals surface area contributed by atoms with E-state index in [-0.39, 0.29) is 12.1 Å². The van der Waals surface area contributed by atoms with Gasteiger partial charge in [0, 0.05) is 20.6 Å². The molecule has 1 aliphatic heterocycles. The predicted octanol–water partition coefficient (Wildman–Crippen LogP) is 2.15. The van der Waals surface area contributed by atoms with E-state index in [0.29, 0.717) is 31.4 Å². The van der Waals surface area contributed by atoms with Gasteiger partial charge in [-0.05, 0) is 5.56 Å². The van der Waals surface area contributed by atoms with Gasteiger partial charge in [0.2, 0.25) is 5.95 Å². The molecular formula is C17H21N5O2. The van der Waals surface area contributed by atoms with Crippen molar-refractivity contribution in [3.8, 4) is 0 Å². The molecule has 1 aromatic heterocycles. The fourth-order valence-corrected chi connectivity index (χ4v) is 2.61. The van der Waals surface area contributed by atoms with Crippen LogP contribution < -0.4 is 10.2 Å². The molecule has 1 aromatic carbocycles. The zero-order valence-electron chi connectivity index (χ0n) is 13.8. The number of urea groups is 1. The minimum absolute atomic E-state index is 0.0954. The van der Waals surface area contributed by atoms with Gasteiger partial charge in [-0.15, -0.1) is 0 Å². The first-order valence-electron chi connectivity index (χ1n) is 7.85. The van der Waals surface area contributed by atoms with E-state index < -0.39 is 0 Å². The van der Waals surface area contributed by atoms with Crippen molar-refractivity contribution in [3.63, 3.8) is 0 Å². The van der Waals surface area contributed by atoms with Crippen LogP contribution in [-0.2, 0) is 4.74 Å². The molecule has 0 unspecified atom stereocenters. The summed E-state index contributed by atoms with van der Waals surface area (Å²) in [6, 6.07) is 9.64. The van der Waals surface area contributed by atoms with E-state index in [1.165, 1.54) is 0 Å². The molecule has 126 valence electrons. The molecule has 1 aliphatic rings. The molecule has 1 saturated heterocycles. The van der Waals surface area contributed by atoms with Gasteiger partial charge in [0.1, 0.15) is 0 Å². The molecule has 24 heavy (non-hydrogen) atoms. The van der Waals surface area contributed by atoms with Gasteiger partial charge in [-0.1, -0.05) is 30.3 Å². The molecule has 2 heterocycles. The number of hydrogen-bond acceptors (Lipinski definition) is 5. The van der Waals surface area contributed by atoms with E-state index in [0.717, 1.165) is 5.56 Å². The summed E-state index contributed by atoms with van der Waals surface area (Å²) in [6.07, 6.45) is 3.22. The minimum Gasteiger partial charge on any atom is -0.377 e. The lowest BCUT2D eigenvalue weighted by Gasteiger charge is -2.35. The second-order valence-corrected chi connectivity index (χ2v) is 5.79. The Bertz CT molecular complexity index is 675. The molecule has 0 saturated carbocycles. The van der Waals surface area contributed by atoms with Crippen LogP contribution in [0.4, 0.5) is 16.4 Å². The monoisotopic (exact) mass is 327 g/mol. The zero-order chi connectivity index (χ0) is 16.9. The predicted molar refractivity (Wildman–Crippen MR) is 92.1 cm³/mol. The number of amides is 2. The normalized spacial score (nSPS) is 17.4. The SMILES string of the molecule is CN(C)c1ncc(NC(=O)N2CCOC[C@@H]2c2ccccc2)cn1. The van der Waals surface area contributed by atoms with Crippen LogP contribution in [-0.4, -0.2) is 54.8 Å². The summed E-state index contributed by atoms with van der Waals surface area (Å²) in [5.41, 5.74) is 1.63. The van der Waals surface area contributed by atoms with Crippen LogP contribution in [0.5, 0.6) is 0 Å². The quantitative estimate of drug-likeness (QED) is 0.935. The molecule has 1 fully saturated rings. The lowest BCUT2D eigenvalue weighted by molar-refractivity contribution is 0.0148. The number of anilines is 2. The Morgan fingerprint density at radius 1 is 1.25 bits per heavy atom. The number of nitrogens with zero attached hydrogens (tertiary/aromatic N) is 4.